The maximum atomic E-state index is 11.8. The molecule has 2 N–H and O–H groups in total. The summed E-state index contributed by atoms with van der Waals surface area (Å²) in [6.45, 7) is -2.70. The lowest BCUT2D eigenvalue weighted by molar-refractivity contribution is -0.154. The monoisotopic (exact) mass is 522 g/mol. The fraction of sp³-hybridized carbons (Fsp3) is 0.250. The molecule has 28 heavy (non-hydrogen) atoms. The van der Waals surface area contributed by atoms with E-state index in [1.165, 1.54) is 30.3 Å². The third kappa shape index (κ3) is 10.0. The van der Waals surface area contributed by atoms with Gasteiger partial charge in [0.1, 0.15) is 11.5 Å². The Morgan fingerprint density at radius 3 is 1.64 bits per heavy atom. The van der Waals surface area contributed by atoms with Crippen LogP contribution in [0.1, 0.15) is 0 Å². The van der Waals surface area contributed by atoms with Gasteiger partial charge in [0.2, 0.25) is 0 Å². The van der Waals surface area contributed by atoms with Crippen LogP contribution in [0.25, 0.3) is 0 Å². The van der Waals surface area contributed by atoms with E-state index in [4.69, 9.17) is 10.0 Å². The molecule has 0 fully saturated rings. The normalized spacial score (nSPS) is 11.3. The minimum absolute atomic E-state index is 0.0956. The minimum atomic E-state index is -4.45. The van der Waals surface area contributed by atoms with Crippen LogP contribution in [0.5, 0.6) is 11.5 Å². The molecule has 0 aliphatic heterocycles. The minimum Gasteiger partial charge on any atom is -0.484 e. The molecule has 0 aliphatic carbocycles. The molecule has 154 valence electrons. The maximum Gasteiger partial charge on any atom is 0.492 e. The number of benzene rings is 2. The van der Waals surface area contributed by atoms with Crippen LogP contribution in [-0.2, 0) is 0 Å². The van der Waals surface area contributed by atoms with Crippen molar-refractivity contribution in [2.45, 2.75) is 12.4 Å². The molecule has 2 aromatic rings. The van der Waals surface area contributed by atoms with Gasteiger partial charge in [-0.2, -0.15) is 26.3 Å². The number of para-hydroxylation sites is 2. The lowest BCUT2D eigenvalue weighted by atomic mass is 9.79. The standard InChI is InChI=1S/C8H8BF3O3.C8H6F3IO/c10-8(11,12)5-15-7-4-2-1-3-6(7)9(13)14;9-8(10,11)5-13-7-4-2-1-3-6(7)12/h1-4,13-14H,5H2;1-4H,5H2. The zero-order valence-corrected chi connectivity index (χ0v) is 16.1. The van der Waals surface area contributed by atoms with Crippen molar-refractivity contribution in [2.75, 3.05) is 13.2 Å². The van der Waals surface area contributed by atoms with Crippen molar-refractivity contribution in [3.63, 3.8) is 0 Å². The Morgan fingerprint density at radius 2 is 1.18 bits per heavy atom. The molecule has 0 saturated heterocycles. The molecule has 4 nitrogen and oxygen atoms in total. The Hall–Kier alpha value is -1.67. The fourth-order valence-corrected chi connectivity index (χ4v) is 2.25. The van der Waals surface area contributed by atoms with Crippen LogP contribution >= 0.6 is 22.6 Å². The van der Waals surface area contributed by atoms with Crippen molar-refractivity contribution in [1.82, 2.24) is 0 Å². The number of ether oxygens (including phenoxy) is 2. The van der Waals surface area contributed by atoms with Crippen molar-refractivity contribution in [3.8, 4) is 11.5 Å². The van der Waals surface area contributed by atoms with Gasteiger partial charge in [0.25, 0.3) is 0 Å². The summed E-state index contributed by atoms with van der Waals surface area (Å²) < 4.78 is 80.4. The van der Waals surface area contributed by atoms with E-state index in [2.05, 4.69) is 9.47 Å². The van der Waals surface area contributed by atoms with Gasteiger partial charge in [-0.25, -0.2) is 0 Å². The number of hydrogen-bond donors (Lipinski definition) is 2. The van der Waals surface area contributed by atoms with Crippen molar-refractivity contribution in [3.05, 3.63) is 52.1 Å². The summed E-state index contributed by atoms with van der Waals surface area (Å²) in [6, 6.07) is 12.0. The lowest BCUT2D eigenvalue weighted by Crippen LogP contribution is -2.32. The predicted molar refractivity (Wildman–Crippen MR) is 98.5 cm³/mol. The number of halogens is 7. The van der Waals surface area contributed by atoms with Crippen molar-refractivity contribution in [1.29, 1.82) is 0 Å². The van der Waals surface area contributed by atoms with Gasteiger partial charge in [-0.05, 0) is 40.8 Å². The molecular formula is C16H14BF6IO4. The molecule has 0 bridgehead atoms. The van der Waals surface area contributed by atoms with Crippen LogP contribution in [0.4, 0.5) is 26.3 Å². The van der Waals surface area contributed by atoms with E-state index in [1.54, 1.807) is 18.2 Å². The van der Waals surface area contributed by atoms with Crippen LogP contribution in [0, 0.1) is 3.57 Å². The van der Waals surface area contributed by atoms with Crippen LogP contribution in [0.15, 0.2) is 48.5 Å². The number of hydrogen-bond acceptors (Lipinski definition) is 4. The Morgan fingerprint density at radius 1 is 0.750 bits per heavy atom. The largest absolute Gasteiger partial charge is 0.492 e. The van der Waals surface area contributed by atoms with Gasteiger partial charge in [-0.3, -0.25) is 0 Å². The first-order valence-corrected chi connectivity index (χ1v) is 8.55. The average molecular weight is 522 g/mol. The van der Waals surface area contributed by atoms with Crippen molar-refractivity contribution >= 4 is 35.2 Å². The molecule has 0 atom stereocenters. The molecule has 12 heteroatoms. The van der Waals surface area contributed by atoms with Gasteiger partial charge >= 0.3 is 19.5 Å². The third-order valence-corrected chi connectivity index (χ3v) is 3.71. The highest BCUT2D eigenvalue weighted by molar-refractivity contribution is 14.1. The molecule has 0 amide bonds. The first kappa shape index (κ1) is 24.4. The third-order valence-electron chi connectivity index (χ3n) is 2.82. The zero-order chi connectivity index (χ0) is 21.4. The second-order valence-electron chi connectivity index (χ2n) is 5.15. The molecule has 2 aromatic carbocycles. The first-order valence-electron chi connectivity index (χ1n) is 7.48. The topological polar surface area (TPSA) is 58.9 Å². The highest BCUT2D eigenvalue weighted by Crippen LogP contribution is 2.23. The first-order chi connectivity index (χ1) is 12.9. The molecule has 0 spiro atoms. The second kappa shape index (κ2) is 10.8. The van der Waals surface area contributed by atoms with E-state index in [1.807, 2.05) is 22.6 Å². The molecule has 0 aromatic heterocycles. The Kier molecular flexibility index (Phi) is 9.37. The smallest absolute Gasteiger partial charge is 0.484 e. The van der Waals surface area contributed by atoms with Gasteiger partial charge in [0.05, 0.1) is 3.57 Å². The van der Waals surface area contributed by atoms with Gasteiger partial charge in [0.15, 0.2) is 13.2 Å². The number of rotatable bonds is 5. The van der Waals surface area contributed by atoms with Gasteiger partial charge in [-0.15, -0.1) is 0 Å². The molecule has 0 unspecified atom stereocenters. The van der Waals surface area contributed by atoms with E-state index in [0.29, 0.717) is 3.57 Å². The molecule has 0 aliphatic rings. The Labute approximate surface area is 170 Å². The van der Waals surface area contributed by atoms with Gasteiger partial charge in [0, 0.05) is 5.46 Å². The quantitative estimate of drug-likeness (QED) is 0.359. The van der Waals surface area contributed by atoms with Gasteiger partial charge < -0.3 is 19.5 Å². The molecule has 0 heterocycles. The summed E-state index contributed by atoms with van der Waals surface area (Å²) in [5.41, 5.74) is -0.0956. The summed E-state index contributed by atoms with van der Waals surface area (Å²) in [7, 11) is -1.85. The molecule has 0 radical (unpaired) electrons. The van der Waals surface area contributed by atoms with E-state index < -0.39 is 32.7 Å². The highest BCUT2D eigenvalue weighted by atomic mass is 127. The molecule has 2 rings (SSSR count). The Bertz CT molecular complexity index is 740. The highest BCUT2D eigenvalue weighted by Gasteiger charge is 2.30. The second-order valence-corrected chi connectivity index (χ2v) is 6.31. The van der Waals surface area contributed by atoms with E-state index >= 15 is 0 Å². The summed E-state index contributed by atoms with van der Waals surface area (Å²) in [4.78, 5) is 0. The number of alkyl halides is 6. The molecule has 0 saturated carbocycles. The summed E-state index contributed by atoms with van der Waals surface area (Å²) in [6.07, 6.45) is -8.73. The lowest BCUT2D eigenvalue weighted by Gasteiger charge is -2.12. The van der Waals surface area contributed by atoms with Gasteiger partial charge in [-0.1, -0.05) is 30.3 Å². The van der Waals surface area contributed by atoms with E-state index in [-0.39, 0.29) is 17.0 Å². The van der Waals surface area contributed by atoms with Crippen molar-refractivity contribution < 1.29 is 45.9 Å². The zero-order valence-electron chi connectivity index (χ0n) is 14.0. The Balaban J connectivity index is 0.000000283. The SMILES string of the molecule is FC(F)(F)COc1ccccc1I.OB(O)c1ccccc1OCC(F)(F)F. The summed E-state index contributed by atoms with van der Waals surface area (Å²) in [5.74, 6) is 0.0743. The average Bonchev–Trinajstić information content (AvgIpc) is 2.58. The van der Waals surface area contributed by atoms with Crippen molar-refractivity contribution in [2.24, 2.45) is 0 Å². The summed E-state index contributed by atoms with van der Waals surface area (Å²) >= 11 is 1.92. The molecular weight excluding hydrogens is 508 g/mol. The predicted octanol–water partition coefficient (Wildman–Crippen LogP) is 3.54. The fourth-order valence-electron chi connectivity index (χ4n) is 1.71. The summed E-state index contributed by atoms with van der Waals surface area (Å²) in [5, 5.41) is 17.7. The van der Waals surface area contributed by atoms with E-state index in [9.17, 15) is 26.3 Å². The van der Waals surface area contributed by atoms with Crippen LogP contribution < -0.4 is 14.9 Å². The van der Waals surface area contributed by atoms with Crippen LogP contribution in [0.3, 0.4) is 0 Å². The van der Waals surface area contributed by atoms with Crippen LogP contribution in [0.2, 0.25) is 0 Å². The van der Waals surface area contributed by atoms with Crippen LogP contribution in [-0.4, -0.2) is 42.7 Å². The van der Waals surface area contributed by atoms with E-state index in [0.717, 1.165) is 0 Å². The maximum absolute atomic E-state index is 11.8.